The minimum atomic E-state index is -0.603. The average Bonchev–Trinajstić information content (AvgIpc) is 2.92. The normalized spacial score (nSPS) is 11.8. The molecule has 7 heteroatoms. The summed E-state index contributed by atoms with van der Waals surface area (Å²) in [4.78, 5) is 22.3. The van der Waals surface area contributed by atoms with Crippen molar-refractivity contribution < 1.29 is 9.72 Å². The fourth-order valence-corrected chi connectivity index (χ4v) is 2.48. The Hall–Kier alpha value is -2.41. The van der Waals surface area contributed by atoms with E-state index in [9.17, 15) is 14.9 Å². The highest BCUT2D eigenvalue weighted by Gasteiger charge is 2.17. The van der Waals surface area contributed by atoms with E-state index in [0.717, 1.165) is 5.56 Å². The molecular weight excluding hydrogens is 278 g/mol. The van der Waals surface area contributed by atoms with E-state index in [0.29, 0.717) is 0 Å². The molecule has 20 heavy (non-hydrogen) atoms. The number of nitro benzene ring substituents is 1. The molecule has 0 aliphatic carbocycles. The second-order valence-corrected chi connectivity index (χ2v) is 5.06. The number of nitrogens with two attached hydrogens (primary N) is 1. The zero-order valence-corrected chi connectivity index (χ0v) is 11.5. The maximum absolute atomic E-state index is 12.1. The maximum Gasteiger partial charge on any atom is 0.292 e. The number of benzene rings is 1. The number of hydrogen-bond acceptors (Lipinski definition) is 5. The highest BCUT2D eigenvalue weighted by Crippen LogP contribution is 2.23. The number of thiophene rings is 1. The molecule has 0 spiro atoms. The van der Waals surface area contributed by atoms with Crippen LogP contribution < -0.4 is 11.1 Å². The number of nitro groups is 1. The third-order valence-corrected chi connectivity index (χ3v) is 3.58. The van der Waals surface area contributed by atoms with Crippen molar-refractivity contribution in [3.63, 3.8) is 0 Å². The summed E-state index contributed by atoms with van der Waals surface area (Å²) in [6.45, 7) is 1.85. The highest BCUT2D eigenvalue weighted by atomic mass is 32.1. The summed E-state index contributed by atoms with van der Waals surface area (Å²) in [6, 6.07) is 5.78. The Bertz CT molecular complexity index is 640. The zero-order valence-electron chi connectivity index (χ0n) is 10.7. The van der Waals surface area contributed by atoms with E-state index in [-0.39, 0.29) is 28.9 Å². The number of hydrogen-bond donors (Lipinski definition) is 2. The predicted molar refractivity (Wildman–Crippen MR) is 77.7 cm³/mol. The first-order valence-electron chi connectivity index (χ1n) is 5.86. The summed E-state index contributed by atoms with van der Waals surface area (Å²) in [6.07, 6.45) is 0. The van der Waals surface area contributed by atoms with Crippen LogP contribution in [0.3, 0.4) is 0 Å². The van der Waals surface area contributed by atoms with Gasteiger partial charge in [-0.05, 0) is 41.4 Å². The molecule has 6 nitrogen and oxygen atoms in total. The van der Waals surface area contributed by atoms with Gasteiger partial charge in [0, 0.05) is 11.6 Å². The largest absolute Gasteiger partial charge is 0.393 e. The molecule has 0 bridgehead atoms. The van der Waals surface area contributed by atoms with Gasteiger partial charge in [-0.3, -0.25) is 14.9 Å². The van der Waals surface area contributed by atoms with Gasteiger partial charge in [0.15, 0.2) is 0 Å². The first-order chi connectivity index (χ1) is 9.49. The minimum Gasteiger partial charge on any atom is -0.393 e. The molecule has 1 aromatic heterocycles. The van der Waals surface area contributed by atoms with Crippen LogP contribution in [0.1, 0.15) is 28.9 Å². The molecule has 104 valence electrons. The lowest BCUT2D eigenvalue weighted by Crippen LogP contribution is -2.26. The summed E-state index contributed by atoms with van der Waals surface area (Å²) in [5.41, 5.74) is 6.48. The van der Waals surface area contributed by atoms with E-state index in [1.54, 1.807) is 11.3 Å². The molecule has 0 aliphatic rings. The summed E-state index contributed by atoms with van der Waals surface area (Å²) in [5.74, 6) is -0.369. The van der Waals surface area contributed by atoms with Gasteiger partial charge < -0.3 is 11.1 Å². The minimum absolute atomic E-state index is 0.0393. The van der Waals surface area contributed by atoms with Crippen LogP contribution in [0.15, 0.2) is 35.0 Å². The molecule has 1 unspecified atom stereocenters. The number of amides is 1. The predicted octanol–water partition coefficient (Wildman–Crippen LogP) is 2.73. The molecule has 3 N–H and O–H groups in total. The monoisotopic (exact) mass is 291 g/mol. The van der Waals surface area contributed by atoms with E-state index in [4.69, 9.17) is 5.73 Å². The number of nitrogen functional groups attached to an aromatic ring is 1. The Kier molecular flexibility index (Phi) is 3.99. The van der Waals surface area contributed by atoms with E-state index in [1.807, 2.05) is 23.8 Å². The molecule has 0 saturated heterocycles. The van der Waals surface area contributed by atoms with Crippen molar-refractivity contribution in [1.29, 1.82) is 0 Å². The lowest BCUT2D eigenvalue weighted by atomic mass is 10.1. The van der Waals surface area contributed by atoms with Crippen molar-refractivity contribution >= 4 is 28.6 Å². The molecule has 0 saturated carbocycles. The number of carbonyl (C=O) groups is 1. The summed E-state index contributed by atoms with van der Waals surface area (Å²) in [7, 11) is 0. The summed E-state index contributed by atoms with van der Waals surface area (Å²) in [5, 5.41) is 17.5. The van der Waals surface area contributed by atoms with E-state index < -0.39 is 4.92 Å². The first kappa shape index (κ1) is 14.0. The van der Waals surface area contributed by atoms with Gasteiger partial charge in [-0.2, -0.15) is 11.3 Å². The van der Waals surface area contributed by atoms with Gasteiger partial charge in [0.1, 0.15) is 5.69 Å². The van der Waals surface area contributed by atoms with Crippen LogP contribution in [0, 0.1) is 10.1 Å². The van der Waals surface area contributed by atoms with Gasteiger partial charge in [0.25, 0.3) is 11.6 Å². The molecule has 1 amide bonds. The van der Waals surface area contributed by atoms with Crippen LogP contribution in [0.4, 0.5) is 11.4 Å². The van der Waals surface area contributed by atoms with Gasteiger partial charge in [0.05, 0.1) is 11.0 Å². The molecule has 1 heterocycles. The summed E-state index contributed by atoms with van der Waals surface area (Å²) >= 11 is 1.54. The van der Waals surface area contributed by atoms with Crippen molar-refractivity contribution in [3.05, 3.63) is 56.3 Å². The SMILES string of the molecule is CC(NC(=O)c1ccc(N)c([N+](=O)[O-])c1)c1ccsc1. The third kappa shape index (κ3) is 2.94. The standard InChI is InChI=1S/C13H13N3O3S/c1-8(10-4-5-20-7-10)15-13(17)9-2-3-11(14)12(6-9)16(18)19/h2-8H,14H2,1H3,(H,15,17). The van der Waals surface area contributed by atoms with Crippen LogP contribution in [0.2, 0.25) is 0 Å². The molecular formula is C13H13N3O3S. The number of anilines is 1. The second-order valence-electron chi connectivity index (χ2n) is 4.28. The molecule has 0 aliphatic heterocycles. The Morgan fingerprint density at radius 3 is 2.80 bits per heavy atom. The third-order valence-electron chi connectivity index (χ3n) is 2.88. The van der Waals surface area contributed by atoms with Gasteiger partial charge in [-0.25, -0.2) is 0 Å². The average molecular weight is 291 g/mol. The molecule has 1 aromatic carbocycles. The van der Waals surface area contributed by atoms with Crippen LogP contribution in [0.5, 0.6) is 0 Å². The van der Waals surface area contributed by atoms with E-state index in [2.05, 4.69) is 5.32 Å². The second kappa shape index (κ2) is 5.70. The van der Waals surface area contributed by atoms with Gasteiger partial charge in [-0.1, -0.05) is 0 Å². The molecule has 0 fully saturated rings. The van der Waals surface area contributed by atoms with Gasteiger partial charge in [-0.15, -0.1) is 0 Å². The fourth-order valence-electron chi connectivity index (χ4n) is 1.73. The van der Waals surface area contributed by atoms with Crippen LogP contribution >= 0.6 is 11.3 Å². The Balaban J connectivity index is 2.17. The van der Waals surface area contributed by atoms with Gasteiger partial charge >= 0.3 is 0 Å². The smallest absolute Gasteiger partial charge is 0.292 e. The maximum atomic E-state index is 12.1. The van der Waals surface area contributed by atoms with E-state index >= 15 is 0 Å². The van der Waals surface area contributed by atoms with Crippen LogP contribution in [0.25, 0.3) is 0 Å². The lowest BCUT2D eigenvalue weighted by molar-refractivity contribution is -0.383. The number of rotatable bonds is 4. The number of nitrogens with zero attached hydrogens (tertiary/aromatic N) is 1. The Morgan fingerprint density at radius 2 is 2.20 bits per heavy atom. The molecule has 2 aromatic rings. The van der Waals surface area contributed by atoms with Gasteiger partial charge in [0.2, 0.25) is 0 Å². The van der Waals surface area contributed by atoms with Crippen molar-refractivity contribution in [2.45, 2.75) is 13.0 Å². The van der Waals surface area contributed by atoms with Crippen molar-refractivity contribution in [3.8, 4) is 0 Å². The fraction of sp³-hybridized carbons (Fsp3) is 0.154. The molecule has 2 rings (SSSR count). The van der Waals surface area contributed by atoms with Crippen molar-refractivity contribution in [2.75, 3.05) is 5.73 Å². The molecule has 0 radical (unpaired) electrons. The Labute approximate surface area is 119 Å². The first-order valence-corrected chi connectivity index (χ1v) is 6.80. The van der Waals surface area contributed by atoms with E-state index in [1.165, 1.54) is 18.2 Å². The Morgan fingerprint density at radius 1 is 1.45 bits per heavy atom. The quantitative estimate of drug-likeness (QED) is 0.514. The van der Waals surface area contributed by atoms with Crippen molar-refractivity contribution in [1.82, 2.24) is 5.32 Å². The molecule has 1 atom stereocenters. The number of nitrogens with one attached hydrogen (secondary N) is 1. The highest BCUT2D eigenvalue weighted by molar-refractivity contribution is 7.07. The lowest BCUT2D eigenvalue weighted by Gasteiger charge is -2.12. The van der Waals surface area contributed by atoms with Crippen LogP contribution in [-0.2, 0) is 0 Å². The zero-order chi connectivity index (χ0) is 14.7. The summed E-state index contributed by atoms with van der Waals surface area (Å²) < 4.78 is 0. The topological polar surface area (TPSA) is 98.3 Å². The van der Waals surface area contributed by atoms with Crippen LogP contribution in [-0.4, -0.2) is 10.8 Å². The number of carbonyl (C=O) groups excluding carboxylic acids is 1. The van der Waals surface area contributed by atoms with Crippen molar-refractivity contribution in [2.24, 2.45) is 0 Å².